The molecule has 0 amide bonds. The Morgan fingerprint density at radius 3 is 2.83 bits per heavy atom. The first-order chi connectivity index (χ1) is 11.1. The van der Waals surface area contributed by atoms with Crippen LogP contribution in [0.25, 0.3) is 0 Å². The van der Waals surface area contributed by atoms with Crippen LogP contribution in [0.5, 0.6) is 0 Å². The van der Waals surface area contributed by atoms with Crippen molar-refractivity contribution < 1.29 is 8.78 Å². The van der Waals surface area contributed by atoms with E-state index in [0.29, 0.717) is 16.1 Å². The van der Waals surface area contributed by atoms with E-state index >= 15 is 0 Å². The lowest BCUT2D eigenvalue weighted by molar-refractivity contribution is -0.00379. The van der Waals surface area contributed by atoms with Crippen LogP contribution < -0.4 is 5.32 Å². The number of nitrogens with one attached hydrogen (secondary N) is 1. The topological polar surface area (TPSA) is 24.9 Å². The summed E-state index contributed by atoms with van der Waals surface area (Å²) >= 11 is 6.37. The molecule has 1 aliphatic carbocycles. The van der Waals surface area contributed by atoms with E-state index in [0.717, 1.165) is 42.6 Å². The van der Waals surface area contributed by atoms with E-state index in [1.165, 1.54) is 0 Å². The van der Waals surface area contributed by atoms with E-state index in [1.54, 1.807) is 24.5 Å². The molecule has 0 saturated heterocycles. The summed E-state index contributed by atoms with van der Waals surface area (Å²) in [4.78, 5) is 4.04. The minimum absolute atomic E-state index is 0.290. The smallest absolute Gasteiger partial charge is 0.262 e. The third-order valence-electron chi connectivity index (χ3n) is 4.89. The van der Waals surface area contributed by atoms with Crippen LogP contribution in [0, 0.1) is 0 Å². The Balaban J connectivity index is 1.96. The number of aromatic nitrogens is 1. The normalized spacial score (nSPS) is 22.3. The van der Waals surface area contributed by atoms with Gasteiger partial charge in [-0.2, -0.15) is 0 Å². The van der Waals surface area contributed by atoms with Gasteiger partial charge in [-0.05, 0) is 65.9 Å². The molecule has 1 unspecified atom stereocenters. The predicted molar refractivity (Wildman–Crippen MR) is 86.5 cm³/mol. The van der Waals surface area contributed by atoms with Crippen molar-refractivity contribution in [2.24, 2.45) is 0 Å². The third kappa shape index (κ3) is 2.45. The van der Waals surface area contributed by atoms with Crippen molar-refractivity contribution in [2.75, 3.05) is 13.1 Å². The standard InChI is InChI=1S/C18H17ClF2N2/c19-15-8-11-3-6-22-7-4-13(11)16-14(15)9-18(20,21)17(16)12-2-1-5-23-10-12/h1-2,5,8,10,17,22H,3-4,6-7,9H2. The molecule has 2 heterocycles. The lowest BCUT2D eigenvalue weighted by Gasteiger charge is -2.23. The molecule has 1 aromatic carbocycles. The van der Waals surface area contributed by atoms with E-state index in [2.05, 4.69) is 10.3 Å². The van der Waals surface area contributed by atoms with Crippen LogP contribution in [0.15, 0.2) is 30.6 Å². The van der Waals surface area contributed by atoms with Gasteiger partial charge in [0.1, 0.15) is 0 Å². The molecule has 1 N–H and O–H groups in total. The summed E-state index contributed by atoms with van der Waals surface area (Å²) in [5.41, 5.74) is 4.09. The Hall–Kier alpha value is -1.52. The van der Waals surface area contributed by atoms with Gasteiger partial charge in [-0.1, -0.05) is 17.7 Å². The molecule has 0 fully saturated rings. The van der Waals surface area contributed by atoms with E-state index in [4.69, 9.17) is 11.6 Å². The van der Waals surface area contributed by atoms with Gasteiger partial charge in [0.15, 0.2) is 0 Å². The average molecular weight is 335 g/mol. The van der Waals surface area contributed by atoms with Crippen molar-refractivity contribution in [3.05, 3.63) is 63.4 Å². The van der Waals surface area contributed by atoms with Crippen LogP contribution in [-0.2, 0) is 19.3 Å². The maximum atomic E-state index is 14.8. The zero-order valence-corrected chi connectivity index (χ0v) is 13.3. The van der Waals surface area contributed by atoms with Crippen molar-refractivity contribution in [3.8, 4) is 0 Å². The van der Waals surface area contributed by atoms with E-state index in [9.17, 15) is 8.78 Å². The second-order valence-electron chi connectivity index (χ2n) is 6.30. The van der Waals surface area contributed by atoms with Gasteiger partial charge >= 0.3 is 0 Å². The molecule has 1 aromatic heterocycles. The van der Waals surface area contributed by atoms with Crippen molar-refractivity contribution in [1.82, 2.24) is 10.3 Å². The second-order valence-corrected chi connectivity index (χ2v) is 6.70. The SMILES string of the molecule is FC1(F)Cc2c(Cl)cc3c(c2C1c1cccnc1)CCNCC3. The zero-order valence-electron chi connectivity index (χ0n) is 12.6. The fourth-order valence-electron chi connectivity index (χ4n) is 3.92. The minimum atomic E-state index is -2.83. The summed E-state index contributed by atoms with van der Waals surface area (Å²) in [6, 6.07) is 5.35. The van der Waals surface area contributed by atoms with Gasteiger partial charge in [0, 0.05) is 23.8 Å². The largest absolute Gasteiger partial charge is 0.316 e. The number of nitrogens with zero attached hydrogens (tertiary/aromatic N) is 1. The summed E-state index contributed by atoms with van der Waals surface area (Å²) in [6.45, 7) is 1.67. The Bertz CT molecular complexity index is 746. The van der Waals surface area contributed by atoms with E-state index in [-0.39, 0.29) is 6.42 Å². The van der Waals surface area contributed by atoms with Crippen molar-refractivity contribution in [3.63, 3.8) is 0 Å². The maximum Gasteiger partial charge on any atom is 0.262 e. The Labute approximate surface area is 138 Å². The highest BCUT2D eigenvalue weighted by Crippen LogP contribution is 2.52. The highest BCUT2D eigenvalue weighted by molar-refractivity contribution is 6.31. The number of pyridine rings is 1. The molecule has 2 aromatic rings. The first-order valence-electron chi connectivity index (χ1n) is 7.89. The van der Waals surface area contributed by atoms with Crippen LogP contribution >= 0.6 is 11.6 Å². The summed E-state index contributed by atoms with van der Waals surface area (Å²) in [6.07, 6.45) is 4.46. The van der Waals surface area contributed by atoms with Crippen LogP contribution in [0.4, 0.5) is 8.78 Å². The molecule has 120 valence electrons. The molecule has 0 bridgehead atoms. The molecule has 5 heteroatoms. The summed E-state index contributed by atoms with van der Waals surface area (Å²) in [5, 5.41) is 3.82. The lowest BCUT2D eigenvalue weighted by atomic mass is 9.85. The van der Waals surface area contributed by atoms with Gasteiger partial charge in [0.05, 0.1) is 5.92 Å². The van der Waals surface area contributed by atoms with Gasteiger partial charge in [-0.25, -0.2) is 8.78 Å². The van der Waals surface area contributed by atoms with Crippen molar-refractivity contribution >= 4 is 11.6 Å². The predicted octanol–water partition coefficient (Wildman–Crippen LogP) is 3.75. The fraction of sp³-hybridized carbons (Fsp3) is 0.389. The molecule has 0 radical (unpaired) electrons. The number of hydrogen-bond acceptors (Lipinski definition) is 2. The maximum absolute atomic E-state index is 14.8. The molecule has 1 atom stereocenters. The van der Waals surface area contributed by atoms with Crippen LogP contribution in [-0.4, -0.2) is 24.0 Å². The molecule has 0 saturated carbocycles. The zero-order chi connectivity index (χ0) is 16.0. The number of halogens is 3. The molecule has 2 aliphatic rings. The van der Waals surface area contributed by atoms with Gasteiger partial charge in [0.25, 0.3) is 5.92 Å². The van der Waals surface area contributed by atoms with E-state index < -0.39 is 11.8 Å². The van der Waals surface area contributed by atoms with Gasteiger partial charge in [0.2, 0.25) is 0 Å². The molecular formula is C18H17ClF2N2. The van der Waals surface area contributed by atoms with Gasteiger partial charge < -0.3 is 5.32 Å². The monoisotopic (exact) mass is 334 g/mol. The summed E-state index contributed by atoms with van der Waals surface area (Å²) in [7, 11) is 0. The summed E-state index contributed by atoms with van der Waals surface area (Å²) in [5.74, 6) is -3.78. The Kier molecular flexibility index (Phi) is 3.62. The van der Waals surface area contributed by atoms with Gasteiger partial charge in [-0.15, -0.1) is 0 Å². The first kappa shape index (κ1) is 15.0. The molecule has 2 nitrogen and oxygen atoms in total. The minimum Gasteiger partial charge on any atom is -0.316 e. The van der Waals surface area contributed by atoms with Crippen LogP contribution in [0.2, 0.25) is 5.02 Å². The lowest BCUT2D eigenvalue weighted by Crippen LogP contribution is -2.24. The fourth-order valence-corrected chi connectivity index (χ4v) is 4.23. The molecule has 1 aliphatic heterocycles. The highest BCUT2D eigenvalue weighted by Gasteiger charge is 2.50. The average Bonchev–Trinajstić information content (AvgIpc) is 2.68. The van der Waals surface area contributed by atoms with E-state index in [1.807, 2.05) is 6.07 Å². The van der Waals surface area contributed by atoms with Gasteiger partial charge in [-0.3, -0.25) is 4.98 Å². The summed E-state index contributed by atoms with van der Waals surface area (Å²) < 4.78 is 29.7. The number of hydrogen-bond donors (Lipinski definition) is 1. The number of rotatable bonds is 1. The number of alkyl halides is 2. The molecule has 4 rings (SSSR count). The molecule has 0 spiro atoms. The number of benzene rings is 1. The first-order valence-corrected chi connectivity index (χ1v) is 8.27. The van der Waals surface area contributed by atoms with Crippen molar-refractivity contribution in [2.45, 2.75) is 31.1 Å². The quantitative estimate of drug-likeness (QED) is 0.859. The van der Waals surface area contributed by atoms with Crippen LogP contribution in [0.1, 0.15) is 33.7 Å². The van der Waals surface area contributed by atoms with Crippen molar-refractivity contribution in [1.29, 1.82) is 0 Å². The highest BCUT2D eigenvalue weighted by atomic mass is 35.5. The van der Waals surface area contributed by atoms with Crippen LogP contribution in [0.3, 0.4) is 0 Å². The Morgan fingerprint density at radius 1 is 1.22 bits per heavy atom. The number of fused-ring (bicyclic) bond motifs is 3. The Morgan fingerprint density at radius 2 is 2.04 bits per heavy atom. The third-order valence-corrected chi connectivity index (χ3v) is 5.23. The second kappa shape index (κ2) is 5.53. The molecular weight excluding hydrogens is 318 g/mol. The molecule has 23 heavy (non-hydrogen) atoms.